The summed E-state index contributed by atoms with van der Waals surface area (Å²) in [4.78, 5) is 5.55. The molecule has 0 radical (unpaired) electrons. The van der Waals surface area contributed by atoms with Crippen LogP contribution in [-0.4, -0.2) is 50.5 Å². The molecule has 2 heterocycles. The number of piperidine rings is 1. The number of hydrogen-bond acceptors (Lipinski definition) is 6. The van der Waals surface area contributed by atoms with E-state index in [1.165, 1.54) is 11.8 Å². The van der Waals surface area contributed by atoms with Crippen molar-refractivity contribution in [3.63, 3.8) is 0 Å². The maximum absolute atomic E-state index is 13.1. The summed E-state index contributed by atoms with van der Waals surface area (Å²) in [5, 5.41) is 27.7. The van der Waals surface area contributed by atoms with Gasteiger partial charge >= 0.3 is 6.18 Å². The molecule has 28 heavy (non-hydrogen) atoms. The minimum Gasteiger partial charge on any atom is -0.507 e. The average molecular weight is 404 g/mol. The van der Waals surface area contributed by atoms with Gasteiger partial charge in [-0.15, -0.1) is 10.2 Å². The third-order valence-corrected chi connectivity index (χ3v) is 4.62. The highest BCUT2D eigenvalue weighted by atomic mass is 19.4. The summed E-state index contributed by atoms with van der Waals surface area (Å²) in [5.74, 6) is -0.613. The van der Waals surface area contributed by atoms with E-state index in [0.29, 0.717) is 19.0 Å². The highest BCUT2D eigenvalue weighted by Gasteiger charge is 2.42. The van der Waals surface area contributed by atoms with E-state index in [1.807, 2.05) is 0 Å². The Kier molecular flexibility index (Phi) is 5.13. The lowest BCUT2D eigenvalue weighted by Gasteiger charge is -2.38. The van der Waals surface area contributed by atoms with Crippen molar-refractivity contribution in [3.8, 4) is 17.0 Å². The van der Waals surface area contributed by atoms with Gasteiger partial charge in [-0.1, -0.05) is 0 Å². The summed E-state index contributed by atoms with van der Waals surface area (Å²) in [6, 6.07) is 2.45. The van der Waals surface area contributed by atoms with Gasteiger partial charge in [0.25, 0.3) is 6.43 Å². The van der Waals surface area contributed by atoms with E-state index in [0.717, 1.165) is 12.1 Å². The zero-order valence-corrected chi connectivity index (χ0v) is 14.7. The van der Waals surface area contributed by atoms with Crippen molar-refractivity contribution >= 4 is 5.95 Å². The summed E-state index contributed by atoms with van der Waals surface area (Å²) in [7, 11) is 0. The molecule has 0 saturated carbocycles. The van der Waals surface area contributed by atoms with Crippen LogP contribution in [0.25, 0.3) is 11.3 Å². The van der Waals surface area contributed by atoms with Crippen LogP contribution in [0.1, 0.15) is 24.1 Å². The van der Waals surface area contributed by atoms with Crippen LogP contribution in [0.15, 0.2) is 18.2 Å². The lowest BCUT2D eigenvalue weighted by molar-refractivity contribution is -0.137. The van der Waals surface area contributed by atoms with Gasteiger partial charge in [-0.3, -0.25) is 0 Å². The maximum atomic E-state index is 13.1. The molecular formula is C17H17F5N4O2. The molecule has 0 amide bonds. The standard InChI is InChI=1S/C17H17F5N4O2/c1-9-13(11-4-3-10(7-12(11)27)17(20,21)22)24-25-15(23-9)26-6-2-5-16(28,8-26)14(18)19/h3-4,7,14,27-28H,2,5-6,8H2,1H3. The van der Waals surface area contributed by atoms with Crippen LogP contribution in [0.3, 0.4) is 0 Å². The normalized spacial score (nSPS) is 20.6. The third kappa shape index (κ3) is 3.84. The smallest absolute Gasteiger partial charge is 0.416 e. The number of aromatic hydroxyl groups is 1. The molecule has 152 valence electrons. The highest BCUT2D eigenvalue weighted by Crippen LogP contribution is 2.37. The number of aromatic nitrogens is 3. The second kappa shape index (κ2) is 7.12. The molecule has 1 atom stereocenters. The third-order valence-electron chi connectivity index (χ3n) is 4.62. The van der Waals surface area contributed by atoms with E-state index in [9.17, 15) is 32.2 Å². The highest BCUT2D eigenvalue weighted by molar-refractivity contribution is 5.69. The molecule has 1 saturated heterocycles. The largest absolute Gasteiger partial charge is 0.507 e. The van der Waals surface area contributed by atoms with Gasteiger partial charge in [0, 0.05) is 12.1 Å². The zero-order valence-electron chi connectivity index (χ0n) is 14.7. The van der Waals surface area contributed by atoms with Crippen LogP contribution in [0, 0.1) is 6.92 Å². The molecule has 2 N–H and O–H groups in total. The van der Waals surface area contributed by atoms with Crippen LogP contribution in [0.4, 0.5) is 27.9 Å². The van der Waals surface area contributed by atoms with Crippen LogP contribution >= 0.6 is 0 Å². The lowest BCUT2D eigenvalue weighted by Crippen LogP contribution is -2.53. The summed E-state index contributed by atoms with van der Waals surface area (Å²) < 4.78 is 64.3. The first-order chi connectivity index (χ1) is 13.0. The van der Waals surface area contributed by atoms with E-state index < -0.39 is 29.5 Å². The molecule has 0 spiro atoms. The minimum atomic E-state index is -4.60. The summed E-state index contributed by atoms with van der Waals surface area (Å²) in [5.41, 5.74) is -2.86. The van der Waals surface area contributed by atoms with Crippen LogP contribution in [0.2, 0.25) is 0 Å². The van der Waals surface area contributed by atoms with Crippen molar-refractivity contribution < 1.29 is 32.2 Å². The predicted molar refractivity (Wildman–Crippen MR) is 89.1 cm³/mol. The molecule has 0 aliphatic carbocycles. The van der Waals surface area contributed by atoms with E-state index in [1.54, 1.807) is 0 Å². The molecule has 1 aliphatic heterocycles. The number of hydrogen-bond donors (Lipinski definition) is 2. The lowest BCUT2D eigenvalue weighted by atomic mass is 9.93. The Balaban J connectivity index is 1.89. The van der Waals surface area contributed by atoms with Crippen LogP contribution in [-0.2, 0) is 6.18 Å². The summed E-state index contributed by atoms with van der Waals surface area (Å²) >= 11 is 0. The Morgan fingerprint density at radius 1 is 1.21 bits per heavy atom. The SMILES string of the molecule is Cc1nc(N2CCCC(O)(C(F)F)C2)nnc1-c1ccc(C(F)(F)F)cc1O. The molecule has 1 aliphatic rings. The molecule has 1 aromatic carbocycles. The Morgan fingerprint density at radius 3 is 2.50 bits per heavy atom. The fourth-order valence-corrected chi connectivity index (χ4v) is 3.10. The van der Waals surface area contributed by atoms with Crippen molar-refractivity contribution in [1.82, 2.24) is 15.2 Å². The molecule has 1 unspecified atom stereocenters. The topological polar surface area (TPSA) is 82.4 Å². The van der Waals surface area contributed by atoms with Crippen molar-refractivity contribution in [1.29, 1.82) is 0 Å². The maximum Gasteiger partial charge on any atom is 0.416 e. The Labute approximate surface area is 156 Å². The average Bonchev–Trinajstić information content (AvgIpc) is 2.61. The van der Waals surface area contributed by atoms with Gasteiger partial charge < -0.3 is 15.1 Å². The second-order valence-corrected chi connectivity index (χ2v) is 6.70. The first-order valence-electron chi connectivity index (χ1n) is 8.38. The second-order valence-electron chi connectivity index (χ2n) is 6.70. The summed E-state index contributed by atoms with van der Waals surface area (Å²) in [6.07, 6.45) is -7.27. The van der Waals surface area contributed by atoms with E-state index in [4.69, 9.17) is 0 Å². The molecule has 11 heteroatoms. The number of β-amino-alcohol motifs (C(OH)–C–C–N with tert-alkyl or cyclic N) is 1. The number of anilines is 1. The van der Waals surface area contributed by atoms with Crippen molar-refractivity contribution in [2.45, 2.75) is 38.0 Å². The van der Waals surface area contributed by atoms with Crippen molar-refractivity contribution in [2.24, 2.45) is 0 Å². The first kappa shape index (κ1) is 20.2. The fraction of sp³-hybridized carbons (Fsp3) is 0.471. The molecule has 3 rings (SSSR count). The number of halogens is 5. The predicted octanol–water partition coefficient (Wildman–Crippen LogP) is 3.17. The fourth-order valence-electron chi connectivity index (χ4n) is 3.10. The number of alkyl halides is 5. The van der Waals surface area contributed by atoms with Gasteiger partial charge in [0.1, 0.15) is 17.0 Å². The molecular weight excluding hydrogens is 387 g/mol. The van der Waals surface area contributed by atoms with Gasteiger partial charge in [-0.2, -0.15) is 13.2 Å². The quantitative estimate of drug-likeness (QED) is 0.765. The van der Waals surface area contributed by atoms with Crippen LogP contribution in [0.5, 0.6) is 5.75 Å². The number of benzene rings is 1. The van der Waals surface area contributed by atoms with E-state index in [2.05, 4.69) is 15.2 Å². The molecule has 0 bridgehead atoms. The van der Waals surface area contributed by atoms with E-state index in [-0.39, 0.29) is 35.9 Å². The Bertz CT molecular complexity index is 877. The minimum absolute atomic E-state index is 0.0137. The van der Waals surface area contributed by atoms with Gasteiger partial charge in [-0.05, 0) is 38.0 Å². The van der Waals surface area contributed by atoms with Gasteiger partial charge in [0.2, 0.25) is 5.95 Å². The van der Waals surface area contributed by atoms with Crippen molar-refractivity contribution in [3.05, 3.63) is 29.5 Å². The van der Waals surface area contributed by atoms with Crippen molar-refractivity contribution in [2.75, 3.05) is 18.0 Å². The number of phenolic OH excluding ortho intramolecular Hbond substituents is 1. The van der Waals surface area contributed by atoms with Gasteiger partial charge in [0.15, 0.2) is 0 Å². The monoisotopic (exact) mass is 404 g/mol. The first-order valence-corrected chi connectivity index (χ1v) is 8.38. The number of phenols is 1. The number of nitrogens with zero attached hydrogens (tertiary/aromatic N) is 4. The van der Waals surface area contributed by atoms with Crippen LogP contribution < -0.4 is 4.90 Å². The van der Waals surface area contributed by atoms with Gasteiger partial charge in [-0.25, -0.2) is 13.8 Å². The zero-order chi connectivity index (χ0) is 20.7. The Hall–Kier alpha value is -2.56. The number of rotatable bonds is 3. The number of aryl methyl sites for hydroxylation is 1. The van der Waals surface area contributed by atoms with E-state index >= 15 is 0 Å². The summed E-state index contributed by atoms with van der Waals surface area (Å²) in [6.45, 7) is 1.49. The molecule has 6 nitrogen and oxygen atoms in total. The Morgan fingerprint density at radius 2 is 1.93 bits per heavy atom. The number of aliphatic hydroxyl groups is 1. The molecule has 1 fully saturated rings. The molecule has 1 aromatic heterocycles. The van der Waals surface area contributed by atoms with Gasteiger partial charge in [0.05, 0.1) is 17.8 Å². The molecule has 2 aromatic rings.